The molecule has 1 amide bonds. The zero-order valence-corrected chi connectivity index (χ0v) is 11.8. The highest BCUT2D eigenvalue weighted by molar-refractivity contribution is 9.10. The van der Waals surface area contributed by atoms with E-state index in [4.69, 9.17) is 16.0 Å². The fraction of sp³-hybridized carbons (Fsp3) is 0. The molecule has 1 heterocycles. The predicted octanol–water partition coefficient (Wildman–Crippen LogP) is 4.49. The molecule has 2 aromatic rings. The van der Waals surface area contributed by atoms with Crippen molar-refractivity contribution in [2.45, 2.75) is 0 Å². The molecule has 1 aromatic carbocycles. The molecule has 2 rings (SSSR count). The highest BCUT2D eigenvalue weighted by Crippen LogP contribution is 2.31. The van der Waals surface area contributed by atoms with Crippen LogP contribution in [0.5, 0.6) is 0 Å². The first-order chi connectivity index (χ1) is 9.06. The van der Waals surface area contributed by atoms with Crippen LogP contribution >= 0.6 is 27.5 Å². The van der Waals surface area contributed by atoms with Crippen molar-refractivity contribution in [3.8, 4) is 0 Å². The van der Waals surface area contributed by atoms with Crippen molar-refractivity contribution in [2.24, 2.45) is 0 Å². The Morgan fingerprint density at radius 1 is 1.47 bits per heavy atom. The van der Waals surface area contributed by atoms with Gasteiger partial charge in [-0.3, -0.25) is 4.79 Å². The Morgan fingerprint density at radius 3 is 2.89 bits per heavy atom. The third kappa shape index (κ3) is 3.68. The zero-order chi connectivity index (χ0) is 13.8. The van der Waals surface area contributed by atoms with E-state index in [0.29, 0.717) is 15.9 Å². The van der Waals surface area contributed by atoms with Crippen molar-refractivity contribution >= 4 is 45.2 Å². The molecule has 1 N–H and O–H groups in total. The Bertz CT molecular complexity index is 603. The Hall–Kier alpha value is -1.59. The maximum Gasteiger partial charge on any atom is 0.248 e. The monoisotopic (exact) mass is 343 g/mol. The van der Waals surface area contributed by atoms with Crippen LogP contribution in [0, 0.1) is 5.82 Å². The Morgan fingerprint density at radius 2 is 2.26 bits per heavy atom. The lowest BCUT2D eigenvalue weighted by atomic mass is 10.3. The van der Waals surface area contributed by atoms with E-state index in [0.717, 1.165) is 6.07 Å². The molecule has 0 aliphatic rings. The minimum Gasteiger partial charge on any atom is -0.465 e. The van der Waals surface area contributed by atoms with Gasteiger partial charge in [0.25, 0.3) is 0 Å². The standard InChI is InChI=1S/C13H8BrClFNO2/c14-10-6-8(16)7-11(15)13(10)17-12(18)4-3-9-2-1-5-19-9/h1-7H,(H,17,18)/b4-3+. The summed E-state index contributed by atoms with van der Waals surface area (Å²) in [6.07, 6.45) is 4.32. The van der Waals surface area contributed by atoms with E-state index < -0.39 is 11.7 Å². The van der Waals surface area contributed by atoms with Gasteiger partial charge >= 0.3 is 0 Å². The third-order valence-electron chi connectivity index (χ3n) is 2.20. The first kappa shape index (κ1) is 13.8. The highest BCUT2D eigenvalue weighted by Gasteiger charge is 2.09. The van der Waals surface area contributed by atoms with Crippen molar-refractivity contribution in [1.82, 2.24) is 0 Å². The molecule has 6 heteroatoms. The topological polar surface area (TPSA) is 42.2 Å². The Kier molecular flexibility index (Phi) is 4.39. The number of benzene rings is 1. The van der Waals surface area contributed by atoms with Gasteiger partial charge in [-0.05, 0) is 46.3 Å². The van der Waals surface area contributed by atoms with Gasteiger partial charge in [-0.1, -0.05) is 11.6 Å². The van der Waals surface area contributed by atoms with Gasteiger partial charge in [0, 0.05) is 10.5 Å². The molecule has 0 bridgehead atoms. The second kappa shape index (κ2) is 6.04. The van der Waals surface area contributed by atoms with Gasteiger partial charge in [0.2, 0.25) is 5.91 Å². The van der Waals surface area contributed by atoms with Crippen LogP contribution in [0.25, 0.3) is 6.08 Å². The second-order valence-corrected chi connectivity index (χ2v) is 4.84. The minimum atomic E-state index is -0.485. The molecule has 0 aliphatic carbocycles. The summed E-state index contributed by atoms with van der Waals surface area (Å²) < 4.78 is 18.4. The number of hydrogen-bond acceptors (Lipinski definition) is 2. The summed E-state index contributed by atoms with van der Waals surface area (Å²) in [5.41, 5.74) is 0.317. The van der Waals surface area contributed by atoms with E-state index in [-0.39, 0.29) is 5.02 Å². The second-order valence-electron chi connectivity index (χ2n) is 3.58. The minimum absolute atomic E-state index is 0.117. The number of rotatable bonds is 3. The molecule has 98 valence electrons. The summed E-state index contributed by atoms with van der Waals surface area (Å²) >= 11 is 8.99. The summed E-state index contributed by atoms with van der Waals surface area (Å²) in [5, 5.41) is 2.67. The van der Waals surface area contributed by atoms with E-state index in [1.165, 1.54) is 24.5 Å². The summed E-state index contributed by atoms with van der Waals surface area (Å²) in [6.45, 7) is 0. The Labute approximate surface area is 122 Å². The van der Waals surface area contributed by atoms with E-state index in [1.54, 1.807) is 12.1 Å². The van der Waals surface area contributed by atoms with E-state index >= 15 is 0 Å². The molecule has 0 atom stereocenters. The first-order valence-electron chi connectivity index (χ1n) is 5.23. The van der Waals surface area contributed by atoms with E-state index in [9.17, 15) is 9.18 Å². The van der Waals surface area contributed by atoms with Crippen LogP contribution in [-0.4, -0.2) is 5.91 Å². The lowest BCUT2D eigenvalue weighted by molar-refractivity contribution is -0.111. The number of amides is 1. The molecule has 0 saturated carbocycles. The van der Waals surface area contributed by atoms with Gasteiger partial charge in [-0.25, -0.2) is 4.39 Å². The van der Waals surface area contributed by atoms with Crippen LogP contribution in [0.15, 0.2) is 45.5 Å². The highest BCUT2D eigenvalue weighted by atomic mass is 79.9. The first-order valence-corrected chi connectivity index (χ1v) is 6.40. The number of anilines is 1. The summed E-state index contributed by atoms with van der Waals surface area (Å²) in [4.78, 5) is 11.7. The van der Waals surface area contributed by atoms with Crippen LogP contribution in [0.2, 0.25) is 5.02 Å². The molecule has 0 aliphatic heterocycles. The normalized spacial score (nSPS) is 10.9. The van der Waals surface area contributed by atoms with Crippen molar-refractivity contribution in [3.05, 3.63) is 57.7 Å². The van der Waals surface area contributed by atoms with Gasteiger partial charge in [0.05, 0.1) is 17.0 Å². The molecule has 0 saturated heterocycles. The summed E-state index contributed by atoms with van der Waals surface area (Å²) in [5.74, 6) is -0.328. The molecule has 0 unspecified atom stereocenters. The van der Waals surface area contributed by atoms with Crippen molar-refractivity contribution in [1.29, 1.82) is 0 Å². The molecular weight excluding hydrogens is 337 g/mol. The molecule has 1 aromatic heterocycles. The maximum absolute atomic E-state index is 13.0. The lowest BCUT2D eigenvalue weighted by Gasteiger charge is -2.07. The maximum atomic E-state index is 13.0. The fourth-order valence-corrected chi connectivity index (χ4v) is 2.27. The van der Waals surface area contributed by atoms with Crippen LogP contribution in [0.3, 0.4) is 0 Å². The number of nitrogens with one attached hydrogen (secondary N) is 1. The van der Waals surface area contributed by atoms with Crippen LogP contribution in [0.4, 0.5) is 10.1 Å². The molecule has 0 spiro atoms. The van der Waals surface area contributed by atoms with Crippen LogP contribution < -0.4 is 5.32 Å². The lowest BCUT2D eigenvalue weighted by Crippen LogP contribution is -2.09. The quantitative estimate of drug-likeness (QED) is 0.834. The third-order valence-corrected chi connectivity index (χ3v) is 3.12. The fourth-order valence-electron chi connectivity index (χ4n) is 1.37. The summed E-state index contributed by atoms with van der Waals surface area (Å²) in [6, 6.07) is 5.77. The van der Waals surface area contributed by atoms with E-state index in [2.05, 4.69) is 21.2 Å². The Balaban J connectivity index is 2.11. The van der Waals surface area contributed by atoms with E-state index in [1.807, 2.05) is 0 Å². The van der Waals surface area contributed by atoms with Crippen LogP contribution in [-0.2, 0) is 4.79 Å². The largest absolute Gasteiger partial charge is 0.465 e. The van der Waals surface area contributed by atoms with Gasteiger partial charge < -0.3 is 9.73 Å². The molecular formula is C13H8BrClFNO2. The SMILES string of the molecule is O=C(/C=C/c1ccco1)Nc1c(Cl)cc(F)cc1Br. The van der Waals surface area contributed by atoms with Gasteiger partial charge in [-0.15, -0.1) is 0 Å². The number of halogens is 3. The molecule has 0 radical (unpaired) electrons. The van der Waals surface area contributed by atoms with Crippen molar-refractivity contribution in [3.63, 3.8) is 0 Å². The molecule has 19 heavy (non-hydrogen) atoms. The number of hydrogen-bond donors (Lipinski definition) is 1. The van der Waals surface area contributed by atoms with Crippen molar-refractivity contribution in [2.75, 3.05) is 5.32 Å². The number of carbonyl (C=O) groups excluding carboxylic acids is 1. The average Bonchev–Trinajstić information content (AvgIpc) is 2.84. The zero-order valence-electron chi connectivity index (χ0n) is 9.49. The number of furan rings is 1. The predicted molar refractivity (Wildman–Crippen MR) is 75.5 cm³/mol. The van der Waals surface area contributed by atoms with Crippen LogP contribution in [0.1, 0.15) is 5.76 Å². The number of carbonyl (C=O) groups is 1. The van der Waals surface area contributed by atoms with Gasteiger partial charge in [0.15, 0.2) is 0 Å². The summed E-state index contributed by atoms with van der Waals surface area (Å²) in [7, 11) is 0. The van der Waals surface area contributed by atoms with Gasteiger partial charge in [0.1, 0.15) is 11.6 Å². The average molecular weight is 345 g/mol. The molecule has 3 nitrogen and oxygen atoms in total. The smallest absolute Gasteiger partial charge is 0.248 e. The van der Waals surface area contributed by atoms with Crippen molar-refractivity contribution < 1.29 is 13.6 Å². The van der Waals surface area contributed by atoms with Gasteiger partial charge in [-0.2, -0.15) is 0 Å². The molecule has 0 fully saturated rings.